The summed E-state index contributed by atoms with van der Waals surface area (Å²) in [7, 11) is 2.07. The number of nitrogens with zero attached hydrogens (tertiary/aromatic N) is 5. The van der Waals surface area contributed by atoms with Gasteiger partial charge in [0.2, 0.25) is 5.91 Å². The number of halogens is 1. The Labute approximate surface area is 180 Å². The molecule has 2 aromatic carbocycles. The first-order chi connectivity index (χ1) is 14.6. The number of aromatic nitrogens is 4. The second-order valence-electron chi connectivity index (χ2n) is 8.02. The quantitative estimate of drug-likeness (QED) is 0.491. The second kappa shape index (κ2) is 7.76. The minimum atomic E-state index is 0.171. The van der Waals surface area contributed by atoms with E-state index >= 15 is 0 Å². The van der Waals surface area contributed by atoms with Crippen molar-refractivity contribution < 1.29 is 4.79 Å². The molecule has 2 aromatic heterocycles. The molecule has 1 unspecified atom stereocenters. The third kappa shape index (κ3) is 3.45. The van der Waals surface area contributed by atoms with Crippen LogP contribution in [0, 0.1) is 0 Å². The van der Waals surface area contributed by atoms with E-state index in [1.54, 1.807) is 0 Å². The van der Waals surface area contributed by atoms with Crippen LogP contribution in [0.25, 0.3) is 21.9 Å². The number of para-hydroxylation sites is 2. The molecule has 7 heteroatoms. The maximum absolute atomic E-state index is 13.0. The first kappa shape index (κ1) is 19.1. The van der Waals surface area contributed by atoms with E-state index in [9.17, 15) is 4.79 Å². The number of piperidine rings is 1. The van der Waals surface area contributed by atoms with E-state index in [1.807, 2.05) is 52.2 Å². The molecule has 1 aliphatic rings. The zero-order valence-corrected chi connectivity index (χ0v) is 17.7. The predicted molar refractivity (Wildman–Crippen MR) is 119 cm³/mol. The Morgan fingerprint density at radius 3 is 2.93 bits per heavy atom. The van der Waals surface area contributed by atoms with Crippen LogP contribution in [0.15, 0.2) is 48.7 Å². The zero-order chi connectivity index (χ0) is 20.7. The van der Waals surface area contributed by atoms with E-state index in [0.29, 0.717) is 18.0 Å². The largest absolute Gasteiger partial charge is 0.342 e. The summed E-state index contributed by atoms with van der Waals surface area (Å²) in [5, 5.41) is 6.14. The molecule has 5 rings (SSSR count). The van der Waals surface area contributed by atoms with Crippen molar-refractivity contribution in [1.82, 2.24) is 24.2 Å². The van der Waals surface area contributed by atoms with Crippen LogP contribution in [-0.4, -0.2) is 43.2 Å². The number of aryl methyl sites for hydroxylation is 2. The first-order valence-corrected chi connectivity index (χ1v) is 10.8. The molecule has 1 aliphatic heterocycles. The maximum atomic E-state index is 13.0. The summed E-state index contributed by atoms with van der Waals surface area (Å²) in [5.74, 6) is 1.51. The standard InChI is InChI=1S/C23H24ClN5O/c1-27-20-7-3-2-6-19(20)26-23(27)17-5-4-11-28(15-17)22(30)10-12-29-21-13-18(24)9-8-16(21)14-25-29/h2-3,6-9,13-14,17H,4-5,10-12,15H2,1H3. The topological polar surface area (TPSA) is 56.0 Å². The van der Waals surface area contributed by atoms with Gasteiger partial charge in [0.1, 0.15) is 5.82 Å². The summed E-state index contributed by atoms with van der Waals surface area (Å²) in [4.78, 5) is 19.8. The number of carbonyl (C=O) groups is 1. The molecule has 0 aliphatic carbocycles. The summed E-state index contributed by atoms with van der Waals surface area (Å²) in [6.45, 7) is 2.09. The Hall–Kier alpha value is -2.86. The highest BCUT2D eigenvalue weighted by Crippen LogP contribution is 2.29. The highest BCUT2D eigenvalue weighted by Gasteiger charge is 2.27. The minimum Gasteiger partial charge on any atom is -0.342 e. The van der Waals surface area contributed by atoms with E-state index in [2.05, 4.69) is 22.8 Å². The number of imidazole rings is 1. The molecule has 1 fully saturated rings. The zero-order valence-electron chi connectivity index (χ0n) is 17.0. The molecule has 154 valence electrons. The monoisotopic (exact) mass is 421 g/mol. The van der Waals surface area contributed by atoms with Crippen LogP contribution >= 0.6 is 11.6 Å². The lowest BCUT2D eigenvalue weighted by Gasteiger charge is -2.32. The van der Waals surface area contributed by atoms with E-state index in [4.69, 9.17) is 16.6 Å². The number of hydrogen-bond donors (Lipinski definition) is 0. The molecule has 4 aromatic rings. The van der Waals surface area contributed by atoms with Gasteiger partial charge in [-0.2, -0.15) is 5.10 Å². The van der Waals surface area contributed by atoms with Gasteiger partial charge in [0.05, 0.1) is 29.3 Å². The number of amides is 1. The fourth-order valence-corrected chi connectivity index (χ4v) is 4.69. The minimum absolute atomic E-state index is 0.171. The number of rotatable bonds is 4. The Morgan fingerprint density at radius 2 is 2.07 bits per heavy atom. The van der Waals surface area contributed by atoms with Crippen molar-refractivity contribution >= 4 is 39.4 Å². The molecular weight excluding hydrogens is 398 g/mol. The summed E-state index contributed by atoms with van der Waals surface area (Å²) in [5.41, 5.74) is 3.12. The average Bonchev–Trinajstić information content (AvgIpc) is 3.33. The molecule has 1 atom stereocenters. The van der Waals surface area contributed by atoms with Crippen molar-refractivity contribution in [2.24, 2.45) is 7.05 Å². The molecule has 1 amide bonds. The molecule has 3 heterocycles. The third-order valence-electron chi connectivity index (χ3n) is 6.11. The van der Waals surface area contributed by atoms with E-state index in [1.165, 1.54) is 0 Å². The number of hydrogen-bond acceptors (Lipinski definition) is 3. The second-order valence-corrected chi connectivity index (χ2v) is 8.45. The van der Waals surface area contributed by atoms with Crippen LogP contribution in [0.5, 0.6) is 0 Å². The lowest BCUT2D eigenvalue weighted by Crippen LogP contribution is -2.40. The van der Waals surface area contributed by atoms with E-state index in [0.717, 1.165) is 53.7 Å². The SMILES string of the molecule is Cn1c(C2CCCN(C(=O)CCn3ncc4ccc(Cl)cc43)C2)nc2ccccc21. The molecule has 6 nitrogen and oxygen atoms in total. The molecule has 0 bridgehead atoms. The van der Waals surface area contributed by atoms with Crippen LogP contribution in [0.2, 0.25) is 5.02 Å². The Bertz CT molecular complexity index is 1230. The van der Waals surface area contributed by atoms with Crippen molar-refractivity contribution in [2.75, 3.05) is 13.1 Å². The number of benzene rings is 2. The summed E-state index contributed by atoms with van der Waals surface area (Å²) >= 11 is 6.12. The fraction of sp³-hybridized carbons (Fsp3) is 0.348. The summed E-state index contributed by atoms with van der Waals surface area (Å²) in [6.07, 6.45) is 4.31. The van der Waals surface area contributed by atoms with Crippen LogP contribution in [0.4, 0.5) is 0 Å². The van der Waals surface area contributed by atoms with Gasteiger partial charge in [-0.25, -0.2) is 4.98 Å². The molecule has 30 heavy (non-hydrogen) atoms. The highest BCUT2D eigenvalue weighted by atomic mass is 35.5. The van der Waals surface area contributed by atoms with Crippen molar-refractivity contribution in [1.29, 1.82) is 0 Å². The van der Waals surface area contributed by atoms with Gasteiger partial charge < -0.3 is 9.47 Å². The Morgan fingerprint density at radius 1 is 1.20 bits per heavy atom. The van der Waals surface area contributed by atoms with Crippen molar-refractivity contribution in [3.05, 3.63) is 59.5 Å². The van der Waals surface area contributed by atoms with E-state index < -0.39 is 0 Å². The van der Waals surface area contributed by atoms with Crippen molar-refractivity contribution in [3.63, 3.8) is 0 Å². The van der Waals surface area contributed by atoms with Gasteiger partial charge in [0.15, 0.2) is 0 Å². The lowest BCUT2D eigenvalue weighted by atomic mass is 9.97. The summed E-state index contributed by atoms with van der Waals surface area (Å²) < 4.78 is 4.04. The number of fused-ring (bicyclic) bond motifs is 2. The fourth-order valence-electron chi connectivity index (χ4n) is 4.53. The van der Waals surface area contributed by atoms with Crippen LogP contribution in [0.1, 0.15) is 31.0 Å². The van der Waals surface area contributed by atoms with Crippen molar-refractivity contribution in [3.8, 4) is 0 Å². The van der Waals surface area contributed by atoms with Crippen LogP contribution in [0.3, 0.4) is 0 Å². The number of likely N-dealkylation sites (tertiary alicyclic amines) is 1. The van der Waals surface area contributed by atoms with Crippen LogP contribution < -0.4 is 0 Å². The van der Waals surface area contributed by atoms with Crippen LogP contribution in [-0.2, 0) is 18.4 Å². The summed E-state index contributed by atoms with van der Waals surface area (Å²) in [6, 6.07) is 13.9. The van der Waals surface area contributed by atoms with Gasteiger partial charge in [0, 0.05) is 42.9 Å². The van der Waals surface area contributed by atoms with Gasteiger partial charge in [-0.3, -0.25) is 9.48 Å². The maximum Gasteiger partial charge on any atom is 0.224 e. The number of carbonyl (C=O) groups excluding carboxylic acids is 1. The van der Waals surface area contributed by atoms with Gasteiger partial charge in [-0.1, -0.05) is 23.7 Å². The Kier molecular flexibility index (Phi) is 4.95. The first-order valence-electron chi connectivity index (χ1n) is 10.4. The van der Waals surface area contributed by atoms with Gasteiger partial charge in [0.25, 0.3) is 0 Å². The Balaban J connectivity index is 1.29. The molecule has 1 saturated heterocycles. The van der Waals surface area contributed by atoms with Gasteiger partial charge in [-0.05, 0) is 43.2 Å². The molecule has 0 radical (unpaired) electrons. The molecule has 0 spiro atoms. The lowest BCUT2D eigenvalue weighted by molar-refractivity contribution is -0.132. The molecule has 0 saturated carbocycles. The third-order valence-corrected chi connectivity index (χ3v) is 6.34. The predicted octanol–water partition coefficient (Wildman–Crippen LogP) is 4.37. The normalized spacial score (nSPS) is 17.1. The van der Waals surface area contributed by atoms with E-state index in [-0.39, 0.29) is 11.8 Å². The highest BCUT2D eigenvalue weighted by molar-refractivity contribution is 6.31. The van der Waals surface area contributed by atoms with Gasteiger partial charge >= 0.3 is 0 Å². The van der Waals surface area contributed by atoms with Gasteiger partial charge in [-0.15, -0.1) is 0 Å². The molecular formula is C23H24ClN5O. The van der Waals surface area contributed by atoms with Crippen molar-refractivity contribution in [2.45, 2.75) is 31.7 Å². The smallest absolute Gasteiger partial charge is 0.224 e. The molecule has 0 N–H and O–H groups in total. The average molecular weight is 422 g/mol.